The Bertz CT molecular complexity index is 418. The van der Waals surface area contributed by atoms with Crippen molar-refractivity contribution in [3.63, 3.8) is 0 Å². The number of carbonyl (C=O) groups is 1. The Kier molecular flexibility index (Phi) is 4.55. The van der Waals surface area contributed by atoms with Crippen LogP contribution in [0.5, 0.6) is 0 Å². The van der Waals surface area contributed by atoms with Gasteiger partial charge in [-0.2, -0.15) is 0 Å². The molecule has 0 radical (unpaired) electrons. The summed E-state index contributed by atoms with van der Waals surface area (Å²) in [6.45, 7) is 3.60. The molecule has 6 heteroatoms. The predicted molar refractivity (Wildman–Crippen MR) is 79.0 cm³/mol. The second kappa shape index (κ2) is 5.59. The largest absolute Gasteiger partial charge is 0.338 e. The minimum atomic E-state index is 0.108. The highest BCUT2D eigenvalue weighted by molar-refractivity contribution is 9.13. The molecule has 0 aliphatic carbocycles. The monoisotopic (exact) mass is 399 g/mol. The van der Waals surface area contributed by atoms with Crippen LogP contribution in [0.25, 0.3) is 0 Å². The zero-order valence-electron chi connectivity index (χ0n) is 9.25. The number of hydrogen-bond donors (Lipinski definition) is 0. The van der Waals surface area contributed by atoms with Crippen LogP contribution in [0, 0.1) is 5.92 Å². The van der Waals surface area contributed by atoms with Crippen LogP contribution in [-0.4, -0.2) is 29.3 Å². The topological polar surface area (TPSA) is 20.3 Å². The van der Waals surface area contributed by atoms with E-state index < -0.39 is 0 Å². The van der Waals surface area contributed by atoms with Gasteiger partial charge in [-0.3, -0.25) is 4.79 Å². The van der Waals surface area contributed by atoms with Gasteiger partial charge in [-0.05, 0) is 50.3 Å². The zero-order valence-corrected chi connectivity index (χ0v) is 14.0. The summed E-state index contributed by atoms with van der Waals surface area (Å²) in [6, 6.07) is 1.87. The molecule has 1 amide bonds. The third-order valence-electron chi connectivity index (χ3n) is 2.94. The highest BCUT2D eigenvalue weighted by Gasteiger charge is 2.28. The van der Waals surface area contributed by atoms with Crippen molar-refractivity contribution in [2.24, 2.45) is 5.92 Å². The summed E-state index contributed by atoms with van der Waals surface area (Å²) >= 11 is 14.4. The third-order valence-corrected chi connectivity index (χ3v) is 6.84. The van der Waals surface area contributed by atoms with E-state index in [1.807, 2.05) is 11.0 Å². The average molecular weight is 402 g/mol. The molecule has 1 aromatic rings. The Morgan fingerprint density at radius 2 is 2.29 bits per heavy atom. The zero-order chi connectivity index (χ0) is 12.6. The van der Waals surface area contributed by atoms with Gasteiger partial charge in [-0.25, -0.2) is 0 Å². The van der Waals surface area contributed by atoms with Crippen molar-refractivity contribution in [1.29, 1.82) is 0 Å². The maximum atomic E-state index is 12.3. The van der Waals surface area contributed by atoms with Gasteiger partial charge in [-0.1, -0.05) is 6.92 Å². The van der Waals surface area contributed by atoms with Gasteiger partial charge in [0.1, 0.15) is 0 Å². The highest BCUT2D eigenvalue weighted by atomic mass is 79.9. The van der Waals surface area contributed by atoms with E-state index in [1.54, 1.807) is 0 Å². The summed E-state index contributed by atoms with van der Waals surface area (Å²) in [5, 5.41) is 0.195. The van der Waals surface area contributed by atoms with Crippen molar-refractivity contribution < 1.29 is 4.79 Å². The van der Waals surface area contributed by atoms with Gasteiger partial charge < -0.3 is 4.90 Å². The maximum absolute atomic E-state index is 12.3. The van der Waals surface area contributed by atoms with Crippen LogP contribution in [0.3, 0.4) is 0 Å². The molecule has 2 nitrogen and oxygen atoms in total. The van der Waals surface area contributed by atoms with Crippen molar-refractivity contribution in [3.8, 4) is 0 Å². The van der Waals surface area contributed by atoms with Gasteiger partial charge in [-0.15, -0.1) is 22.9 Å². The summed E-state index contributed by atoms with van der Waals surface area (Å²) in [4.78, 5) is 14.9. The van der Waals surface area contributed by atoms with E-state index in [0.29, 0.717) is 5.92 Å². The van der Waals surface area contributed by atoms with Crippen LogP contribution >= 0.6 is 54.8 Å². The SMILES string of the molecule is CC1CN(C(=O)c2cc(Br)c(Br)s2)CCC1Cl. The fourth-order valence-corrected chi connectivity index (χ4v) is 4.09. The van der Waals surface area contributed by atoms with E-state index >= 15 is 0 Å². The molecule has 0 aromatic carbocycles. The minimum Gasteiger partial charge on any atom is -0.338 e. The summed E-state index contributed by atoms with van der Waals surface area (Å²) in [7, 11) is 0. The molecule has 1 aliphatic rings. The van der Waals surface area contributed by atoms with Crippen molar-refractivity contribution in [2.75, 3.05) is 13.1 Å². The molecule has 2 atom stereocenters. The molecule has 2 rings (SSSR count). The Morgan fingerprint density at radius 3 is 2.82 bits per heavy atom. The molecule has 0 N–H and O–H groups in total. The van der Waals surface area contributed by atoms with Gasteiger partial charge in [0.05, 0.1) is 8.66 Å². The molecular formula is C11H12Br2ClNOS. The number of likely N-dealkylation sites (tertiary alicyclic amines) is 1. The quantitative estimate of drug-likeness (QED) is 0.640. The van der Waals surface area contributed by atoms with Crippen LogP contribution in [0.2, 0.25) is 0 Å². The van der Waals surface area contributed by atoms with E-state index in [0.717, 1.165) is 32.6 Å². The molecule has 0 saturated carbocycles. The minimum absolute atomic E-state index is 0.108. The second-order valence-corrected chi connectivity index (χ2v) is 8.05. The smallest absolute Gasteiger partial charge is 0.264 e. The lowest BCUT2D eigenvalue weighted by atomic mass is 9.99. The lowest BCUT2D eigenvalue weighted by molar-refractivity contribution is 0.0692. The molecule has 1 aromatic heterocycles. The molecule has 1 aliphatic heterocycles. The number of carbonyl (C=O) groups excluding carboxylic acids is 1. The number of alkyl halides is 1. The first-order chi connectivity index (χ1) is 7.99. The Morgan fingerprint density at radius 1 is 1.59 bits per heavy atom. The Hall–Kier alpha value is 0.420. The number of halogens is 3. The second-order valence-electron chi connectivity index (χ2n) is 4.27. The van der Waals surface area contributed by atoms with Gasteiger partial charge >= 0.3 is 0 Å². The summed E-state index contributed by atoms with van der Waals surface area (Å²) in [5.74, 6) is 0.470. The number of amides is 1. The van der Waals surface area contributed by atoms with Crippen molar-refractivity contribution in [3.05, 3.63) is 19.2 Å². The molecular weight excluding hydrogens is 389 g/mol. The number of hydrogen-bond acceptors (Lipinski definition) is 2. The van der Waals surface area contributed by atoms with E-state index in [2.05, 4.69) is 38.8 Å². The molecule has 2 unspecified atom stereocenters. The van der Waals surface area contributed by atoms with Gasteiger partial charge in [0.2, 0.25) is 0 Å². The van der Waals surface area contributed by atoms with Gasteiger partial charge in [0, 0.05) is 22.9 Å². The normalized spacial score (nSPS) is 25.1. The van der Waals surface area contributed by atoms with Crippen LogP contribution in [0.1, 0.15) is 23.0 Å². The van der Waals surface area contributed by atoms with Crippen LogP contribution in [0.4, 0.5) is 0 Å². The van der Waals surface area contributed by atoms with E-state index in [4.69, 9.17) is 11.6 Å². The summed E-state index contributed by atoms with van der Waals surface area (Å²) < 4.78 is 1.90. The van der Waals surface area contributed by atoms with Crippen LogP contribution in [-0.2, 0) is 0 Å². The first kappa shape index (κ1) is 13.8. The van der Waals surface area contributed by atoms with E-state index in [-0.39, 0.29) is 11.3 Å². The fourth-order valence-electron chi connectivity index (χ4n) is 1.91. The Labute approximate surface area is 127 Å². The van der Waals surface area contributed by atoms with Gasteiger partial charge in [0.15, 0.2) is 0 Å². The highest BCUT2D eigenvalue weighted by Crippen LogP contribution is 2.33. The average Bonchev–Trinajstić information content (AvgIpc) is 2.62. The number of rotatable bonds is 1. The molecule has 94 valence electrons. The predicted octanol–water partition coefficient (Wildman–Crippen LogP) is 4.36. The molecule has 1 fully saturated rings. The fraction of sp³-hybridized carbons (Fsp3) is 0.545. The van der Waals surface area contributed by atoms with Gasteiger partial charge in [0.25, 0.3) is 5.91 Å². The molecule has 0 bridgehead atoms. The molecule has 2 heterocycles. The van der Waals surface area contributed by atoms with E-state index in [9.17, 15) is 4.79 Å². The van der Waals surface area contributed by atoms with Crippen molar-refractivity contribution in [1.82, 2.24) is 4.90 Å². The number of thiophene rings is 1. The number of nitrogens with zero attached hydrogens (tertiary/aromatic N) is 1. The molecule has 0 spiro atoms. The lowest BCUT2D eigenvalue weighted by Crippen LogP contribution is -2.43. The third kappa shape index (κ3) is 3.06. The standard InChI is InChI=1S/C11H12Br2ClNOS/c1-6-5-15(3-2-8(6)14)11(16)9-4-7(12)10(13)17-9/h4,6,8H,2-3,5H2,1H3. The lowest BCUT2D eigenvalue weighted by Gasteiger charge is -2.33. The first-order valence-corrected chi connectivity index (χ1v) is 8.21. The maximum Gasteiger partial charge on any atom is 0.264 e. The molecule has 17 heavy (non-hydrogen) atoms. The van der Waals surface area contributed by atoms with Crippen molar-refractivity contribution in [2.45, 2.75) is 18.7 Å². The van der Waals surface area contributed by atoms with Crippen LogP contribution < -0.4 is 0 Å². The number of piperidine rings is 1. The summed E-state index contributed by atoms with van der Waals surface area (Å²) in [5.41, 5.74) is 0. The molecule has 1 saturated heterocycles. The summed E-state index contributed by atoms with van der Waals surface area (Å²) in [6.07, 6.45) is 0.877. The Balaban J connectivity index is 2.10. The van der Waals surface area contributed by atoms with Crippen molar-refractivity contribution >= 4 is 60.7 Å². The first-order valence-electron chi connectivity index (χ1n) is 5.37. The van der Waals surface area contributed by atoms with E-state index in [1.165, 1.54) is 11.3 Å². The van der Waals surface area contributed by atoms with Crippen LogP contribution in [0.15, 0.2) is 14.3 Å².